The Balaban J connectivity index is 2.96. The van der Waals surface area contributed by atoms with Crippen molar-refractivity contribution < 1.29 is 4.39 Å². The Kier molecular flexibility index (Phi) is 2.80. The summed E-state index contributed by atoms with van der Waals surface area (Å²) in [5.41, 5.74) is 0.562. The molecule has 2 rings (SSSR count). The van der Waals surface area contributed by atoms with Crippen molar-refractivity contribution in [1.82, 2.24) is 4.98 Å². The molecule has 0 aliphatic rings. The van der Waals surface area contributed by atoms with Crippen LogP contribution in [0.3, 0.4) is 0 Å². The number of halogens is 3. The molecule has 0 radical (unpaired) electrons. The van der Waals surface area contributed by atoms with E-state index in [4.69, 9.17) is 11.6 Å². The fraction of sp³-hybridized carbons (Fsp3) is 0.100. The van der Waals surface area contributed by atoms with Crippen molar-refractivity contribution in [3.8, 4) is 0 Å². The number of pyridine rings is 1. The Bertz CT molecular complexity index is 581. The van der Waals surface area contributed by atoms with E-state index in [9.17, 15) is 9.18 Å². The van der Waals surface area contributed by atoms with Crippen LogP contribution in [0.1, 0.15) is 5.56 Å². The van der Waals surface area contributed by atoms with Crippen molar-refractivity contribution in [2.45, 2.75) is 5.33 Å². The molecule has 1 aromatic carbocycles. The van der Waals surface area contributed by atoms with Crippen LogP contribution >= 0.6 is 27.5 Å². The van der Waals surface area contributed by atoms with E-state index in [1.807, 2.05) is 0 Å². The molecule has 5 heteroatoms. The van der Waals surface area contributed by atoms with E-state index in [0.29, 0.717) is 10.7 Å². The van der Waals surface area contributed by atoms with Gasteiger partial charge in [-0.3, -0.25) is 4.79 Å². The van der Waals surface area contributed by atoms with Gasteiger partial charge in [-0.1, -0.05) is 33.6 Å². The molecule has 0 atom stereocenters. The van der Waals surface area contributed by atoms with Crippen LogP contribution in [0.15, 0.2) is 23.0 Å². The maximum Gasteiger partial charge on any atom is 0.248 e. The highest BCUT2D eigenvalue weighted by Gasteiger charge is 2.09. The highest BCUT2D eigenvalue weighted by molar-refractivity contribution is 9.08. The summed E-state index contributed by atoms with van der Waals surface area (Å²) >= 11 is 8.87. The zero-order valence-electron chi connectivity index (χ0n) is 7.48. The zero-order chi connectivity index (χ0) is 11.0. The molecule has 0 saturated heterocycles. The predicted molar refractivity (Wildman–Crippen MR) is 62.2 cm³/mol. The van der Waals surface area contributed by atoms with Crippen LogP contribution in [0.25, 0.3) is 10.9 Å². The minimum Gasteiger partial charge on any atom is -0.319 e. The number of benzene rings is 1. The van der Waals surface area contributed by atoms with E-state index >= 15 is 0 Å². The van der Waals surface area contributed by atoms with Crippen molar-refractivity contribution >= 4 is 38.4 Å². The lowest BCUT2D eigenvalue weighted by molar-refractivity contribution is 0.637. The molecule has 1 heterocycles. The van der Waals surface area contributed by atoms with E-state index < -0.39 is 5.82 Å². The second kappa shape index (κ2) is 3.94. The lowest BCUT2D eigenvalue weighted by atomic mass is 10.1. The maximum absolute atomic E-state index is 13.6. The second-order valence-electron chi connectivity index (χ2n) is 3.08. The van der Waals surface area contributed by atoms with Crippen molar-refractivity contribution in [1.29, 1.82) is 0 Å². The predicted octanol–water partition coefficient (Wildman–Crippen LogP) is 3.22. The van der Waals surface area contributed by atoms with Crippen LogP contribution < -0.4 is 5.56 Å². The van der Waals surface area contributed by atoms with Gasteiger partial charge in [0.25, 0.3) is 0 Å². The summed E-state index contributed by atoms with van der Waals surface area (Å²) in [5.74, 6) is -0.589. The summed E-state index contributed by atoms with van der Waals surface area (Å²) in [6.07, 6.45) is 0. The normalized spacial score (nSPS) is 10.9. The number of nitrogens with one attached hydrogen (secondary N) is 1. The Morgan fingerprint density at radius 1 is 1.47 bits per heavy atom. The molecule has 0 amide bonds. The zero-order valence-corrected chi connectivity index (χ0v) is 9.82. The highest BCUT2D eigenvalue weighted by Crippen LogP contribution is 2.25. The quantitative estimate of drug-likeness (QED) is 0.804. The molecule has 2 aromatic rings. The van der Waals surface area contributed by atoms with Crippen LogP contribution in [0.4, 0.5) is 4.39 Å². The first-order valence-corrected chi connectivity index (χ1v) is 5.69. The number of aromatic amines is 1. The Hall–Kier alpha value is -0.870. The minimum atomic E-state index is -0.589. The van der Waals surface area contributed by atoms with Gasteiger partial charge in [0.2, 0.25) is 5.56 Å². The van der Waals surface area contributed by atoms with Gasteiger partial charge in [0.1, 0.15) is 0 Å². The molecule has 0 saturated carbocycles. The van der Waals surface area contributed by atoms with Crippen LogP contribution in [-0.2, 0) is 5.33 Å². The number of hydrogen-bond donors (Lipinski definition) is 1. The Morgan fingerprint density at radius 2 is 2.20 bits per heavy atom. The van der Waals surface area contributed by atoms with E-state index in [1.165, 1.54) is 12.1 Å². The molecule has 15 heavy (non-hydrogen) atoms. The molecule has 0 aliphatic heterocycles. The molecule has 0 spiro atoms. The van der Waals surface area contributed by atoms with E-state index in [-0.39, 0.29) is 16.1 Å². The largest absolute Gasteiger partial charge is 0.319 e. The Morgan fingerprint density at radius 3 is 2.87 bits per heavy atom. The topological polar surface area (TPSA) is 32.9 Å². The van der Waals surface area contributed by atoms with Crippen molar-refractivity contribution in [2.75, 3.05) is 0 Å². The summed E-state index contributed by atoms with van der Waals surface area (Å²) < 4.78 is 13.6. The van der Waals surface area contributed by atoms with E-state index in [1.54, 1.807) is 6.07 Å². The standard InChI is InChI=1S/C10H6BrClFNO/c11-4-5-3-8(15)14-10-6(5)1-2-7(12)9(10)13/h1-3H,4H2,(H,14,15). The highest BCUT2D eigenvalue weighted by atomic mass is 79.9. The van der Waals surface area contributed by atoms with Gasteiger partial charge >= 0.3 is 0 Å². The molecule has 1 N–H and O–H groups in total. The minimum absolute atomic E-state index is 0.00451. The van der Waals surface area contributed by atoms with Gasteiger partial charge in [-0.2, -0.15) is 0 Å². The van der Waals surface area contributed by atoms with Crippen molar-refractivity contribution in [3.05, 3.63) is 45.0 Å². The van der Waals surface area contributed by atoms with Crippen LogP contribution in [0.5, 0.6) is 0 Å². The van der Waals surface area contributed by atoms with Gasteiger partial charge in [-0.05, 0) is 11.6 Å². The van der Waals surface area contributed by atoms with Crippen molar-refractivity contribution in [3.63, 3.8) is 0 Å². The number of rotatable bonds is 1. The lowest BCUT2D eigenvalue weighted by Gasteiger charge is -2.04. The average molecular weight is 291 g/mol. The number of alkyl halides is 1. The maximum atomic E-state index is 13.6. The molecule has 0 unspecified atom stereocenters. The van der Waals surface area contributed by atoms with Gasteiger partial charge in [0.15, 0.2) is 5.82 Å². The fourth-order valence-corrected chi connectivity index (χ4v) is 2.07. The summed E-state index contributed by atoms with van der Waals surface area (Å²) in [4.78, 5) is 13.7. The number of hydrogen-bond acceptors (Lipinski definition) is 1. The third-order valence-corrected chi connectivity index (χ3v) is 3.03. The average Bonchev–Trinajstić information content (AvgIpc) is 2.23. The molecule has 0 aliphatic carbocycles. The van der Waals surface area contributed by atoms with Crippen molar-refractivity contribution in [2.24, 2.45) is 0 Å². The number of H-pyrrole nitrogens is 1. The number of fused-ring (bicyclic) bond motifs is 1. The van der Waals surface area contributed by atoms with E-state index in [0.717, 1.165) is 5.56 Å². The molecular weight excluding hydrogens is 284 g/mol. The molecular formula is C10H6BrClFNO. The van der Waals surface area contributed by atoms with Gasteiger partial charge in [0.05, 0.1) is 10.5 Å². The molecule has 1 aromatic heterocycles. The first-order valence-electron chi connectivity index (χ1n) is 4.19. The third-order valence-electron chi connectivity index (χ3n) is 2.14. The molecule has 0 bridgehead atoms. The third kappa shape index (κ3) is 1.79. The fourth-order valence-electron chi connectivity index (χ4n) is 1.45. The smallest absolute Gasteiger partial charge is 0.248 e. The van der Waals surface area contributed by atoms with Crippen LogP contribution in [0, 0.1) is 5.82 Å². The first kappa shape index (κ1) is 10.6. The summed E-state index contributed by atoms with van der Waals surface area (Å²) in [7, 11) is 0. The summed E-state index contributed by atoms with van der Waals surface area (Å²) in [6, 6.07) is 4.60. The van der Waals surface area contributed by atoms with Crippen LogP contribution in [0.2, 0.25) is 5.02 Å². The molecule has 2 nitrogen and oxygen atoms in total. The van der Waals surface area contributed by atoms with E-state index in [2.05, 4.69) is 20.9 Å². The summed E-state index contributed by atoms with van der Waals surface area (Å²) in [6.45, 7) is 0. The number of aromatic nitrogens is 1. The molecule has 78 valence electrons. The first-order chi connectivity index (χ1) is 7.13. The molecule has 0 fully saturated rings. The SMILES string of the molecule is O=c1cc(CBr)c2ccc(Cl)c(F)c2[nH]1. The monoisotopic (exact) mass is 289 g/mol. The van der Waals surface area contributed by atoms with Crippen LogP contribution in [-0.4, -0.2) is 4.98 Å². The van der Waals surface area contributed by atoms with Gasteiger partial charge in [0, 0.05) is 16.8 Å². The lowest BCUT2D eigenvalue weighted by Crippen LogP contribution is -2.07. The second-order valence-corrected chi connectivity index (χ2v) is 4.04. The van der Waals surface area contributed by atoms with Gasteiger partial charge in [-0.15, -0.1) is 0 Å². The van der Waals surface area contributed by atoms with Gasteiger partial charge < -0.3 is 4.98 Å². The summed E-state index contributed by atoms with van der Waals surface area (Å²) in [5, 5.41) is 1.16. The van der Waals surface area contributed by atoms with Gasteiger partial charge in [-0.25, -0.2) is 4.39 Å². The Labute approximate surface area is 98.2 Å².